The molecule has 0 amide bonds. The Morgan fingerprint density at radius 3 is 2.76 bits per heavy atom. The van der Waals surface area contributed by atoms with E-state index in [0.29, 0.717) is 21.6 Å². The van der Waals surface area contributed by atoms with Gasteiger partial charge in [-0.1, -0.05) is 35.4 Å². The molecule has 0 atom stereocenters. The molecule has 1 aromatic carbocycles. The van der Waals surface area contributed by atoms with Crippen molar-refractivity contribution < 1.29 is 0 Å². The molecule has 5 heteroatoms. The molecule has 0 saturated heterocycles. The lowest BCUT2D eigenvalue weighted by atomic mass is 10.2. The third-order valence-corrected chi connectivity index (χ3v) is 3.24. The van der Waals surface area contributed by atoms with Gasteiger partial charge in [0.05, 0.1) is 5.69 Å². The number of hydrogen-bond donors (Lipinski definition) is 1. The molecule has 0 bridgehead atoms. The van der Waals surface area contributed by atoms with Crippen LogP contribution in [0.2, 0.25) is 10.0 Å². The number of rotatable bonds is 3. The number of benzene rings is 1. The molecule has 2 rings (SSSR count). The number of nitrogens with two attached hydrogens (primary N) is 1. The summed E-state index contributed by atoms with van der Waals surface area (Å²) in [5.41, 5.74) is 7.39. The molecule has 2 aromatic rings. The van der Waals surface area contributed by atoms with Gasteiger partial charge >= 0.3 is 0 Å². The second kappa shape index (κ2) is 5.08. The van der Waals surface area contributed by atoms with Crippen molar-refractivity contribution in [3.8, 4) is 0 Å². The Labute approximate surface area is 115 Å². The third kappa shape index (κ3) is 2.80. The molecule has 2 nitrogen and oxygen atoms in total. The second-order valence-corrected chi connectivity index (χ2v) is 4.90. The third-order valence-electron chi connectivity index (χ3n) is 2.43. The van der Waals surface area contributed by atoms with Gasteiger partial charge in [0.15, 0.2) is 0 Å². The molecular weight excluding hydrogens is 275 g/mol. The maximum atomic E-state index is 6.11. The maximum absolute atomic E-state index is 6.11. The van der Waals surface area contributed by atoms with Crippen LogP contribution >= 0.6 is 35.4 Å². The number of hydrogen-bond acceptors (Lipinski definition) is 1. The van der Waals surface area contributed by atoms with Crippen LogP contribution in [0.4, 0.5) is 0 Å². The highest BCUT2D eigenvalue weighted by Gasteiger charge is 2.07. The first-order valence-electron chi connectivity index (χ1n) is 4.97. The first-order chi connectivity index (χ1) is 8.08. The van der Waals surface area contributed by atoms with Crippen molar-refractivity contribution in [2.24, 2.45) is 5.73 Å². The fraction of sp³-hybridized carbons (Fsp3) is 0.0833. The van der Waals surface area contributed by atoms with Crippen LogP contribution in [0.1, 0.15) is 11.3 Å². The lowest BCUT2D eigenvalue weighted by Gasteiger charge is -2.10. The molecule has 0 fully saturated rings. The normalized spacial score (nSPS) is 10.5. The zero-order valence-corrected chi connectivity index (χ0v) is 11.2. The van der Waals surface area contributed by atoms with Gasteiger partial charge in [-0.2, -0.15) is 0 Å². The molecule has 0 saturated carbocycles. The summed E-state index contributed by atoms with van der Waals surface area (Å²) in [7, 11) is 0. The summed E-state index contributed by atoms with van der Waals surface area (Å²) >= 11 is 17.0. The average Bonchev–Trinajstić information content (AvgIpc) is 2.71. The Kier molecular flexibility index (Phi) is 3.72. The van der Waals surface area contributed by atoms with Gasteiger partial charge in [-0.25, -0.2) is 0 Å². The summed E-state index contributed by atoms with van der Waals surface area (Å²) in [6.07, 6.45) is 1.91. The van der Waals surface area contributed by atoms with Crippen LogP contribution in [-0.4, -0.2) is 9.56 Å². The Hall–Kier alpha value is -1.03. The van der Waals surface area contributed by atoms with E-state index in [0.717, 1.165) is 11.3 Å². The highest BCUT2D eigenvalue weighted by molar-refractivity contribution is 7.80. The van der Waals surface area contributed by atoms with Crippen molar-refractivity contribution in [2.75, 3.05) is 0 Å². The first kappa shape index (κ1) is 12.4. The number of aromatic nitrogens is 1. The first-order valence-corrected chi connectivity index (χ1v) is 6.13. The number of halogens is 2. The Morgan fingerprint density at radius 1 is 1.29 bits per heavy atom. The number of thiocarbonyl (C=S) groups is 1. The molecule has 0 spiro atoms. The van der Waals surface area contributed by atoms with Crippen LogP contribution in [0.25, 0.3) is 0 Å². The van der Waals surface area contributed by atoms with Gasteiger partial charge in [0, 0.05) is 22.8 Å². The standard InChI is InChI=1S/C12H10Cl2N2S/c13-9-3-4-10(14)8(6-9)7-16-5-1-2-11(16)12(15)17/h1-6H,7H2,(H2,15,17). The van der Waals surface area contributed by atoms with Gasteiger partial charge in [-0.05, 0) is 35.9 Å². The van der Waals surface area contributed by atoms with Crippen LogP contribution < -0.4 is 5.73 Å². The minimum Gasteiger partial charge on any atom is -0.388 e. The highest BCUT2D eigenvalue weighted by Crippen LogP contribution is 2.22. The molecule has 0 aliphatic carbocycles. The minimum absolute atomic E-state index is 0.369. The predicted octanol–water partition coefficient (Wildman–Crippen LogP) is 3.48. The van der Waals surface area contributed by atoms with Crippen molar-refractivity contribution in [1.29, 1.82) is 0 Å². The molecule has 1 aromatic heterocycles. The van der Waals surface area contributed by atoms with Crippen LogP contribution in [0.15, 0.2) is 36.5 Å². The van der Waals surface area contributed by atoms with E-state index in [1.54, 1.807) is 12.1 Å². The van der Waals surface area contributed by atoms with E-state index in [4.69, 9.17) is 41.2 Å². The fourth-order valence-electron chi connectivity index (χ4n) is 1.62. The van der Waals surface area contributed by atoms with Crippen LogP contribution in [-0.2, 0) is 6.54 Å². The number of nitrogens with zero attached hydrogens (tertiary/aromatic N) is 1. The van der Waals surface area contributed by atoms with E-state index in [9.17, 15) is 0 Å². The van der Waals surface area contributed by atoms with Crippen LogP contribution in [0.5, 0.6) is 0 Å². The molecule has 0 aliphatic rings. The summed E-state index contributed by atoms with van der Waals surface area (Å²) in [6, 6.07) is 9.15. The molecule has 0 aliphatic heterocycles. The van der Waals surface area contributed by atoms with Crippen molar-refractivity contribution in [3.05, 3.63) is 57.8 Å². The monoisotopic (exact) mass is 284 g/mol. The zero-order chi connectivity index (χ0) is 12.4. The molecule has 1 heterocycles. The average molecular weight is 285 g/mol. The molecular formula is C12H10Cl2N2S. The van der Waals surface area contributed by atoms with E-state index in [2.05, 4.69) is 0 Å². The molecule has 17 heavy (non-hydrogen) atoms. The summed E-state index contributed by atoms with van der Waals surface area (Å²) in [5.74, 6) is 0. The SMILES string of the molecule is NC(=S)c1cccn1Cc1cc(Cl)ccc1Cl. The minimum atomic E-state index is 0.369. The van der Waals surface area contributed by atoms with Gasteiger partial charge in [0.25, 0.3) is 0 Å². The topological polar surface area (TPSA) is 30.9 Å². The Bertz CT molecular complexity index is 563. The Morgan fingerprint density at radius 2 is 2.06 bits per heavy atom. The molecule has 0 radical (unpaired) electrons. The van der Waals surface area contributed by atoms with Gasteiger partial charge < -0.3 is 10.3 Å². The van der Waals surface area contributed by atoms with Gasteiger partial charge in [-0.3, -0.25) is 0 Å². The van der Waals surface area contributed by atoms with Gasteiger partial charge in [0.2, 0.25) is 0 Å². The fourth-order valence-corrected chi connectivity index (χ4v) is 2.18. The van der Waals surface area contributed by atoms with Gasteiger partial charge in [0.1, 0.15) is 4.99 Å². The van der Waals surface area contributed by atoms with Gasteiger partial charge in [-0.15, -0.1) is 0 Å². The van der Waals surface area contributed by atoms with Crippen molar-refractivity contribution >= 4 is 40.4 Å². The smallest absolute Gasteiger partial charge is 0.120 e. The summed E-state index contributed by atoms with van der Waals surface area (Å²) in [5, 5.41) is 1.34. The molecule has 0 unspecified atom stereocenters. The van der Waals surface area contributed by atoms with E-state index >= 15 is 0 Å². The van der Waals surface area contributed by atoms with Crippen LogP contribution in [0.3, 0.4) is 0 Å². The molecule has 2 N–H and O–H groups in total. The van der Waals surface area contributed by atoms with E-state index in [1.165, 1.54) is 0 Å². The largest absolute Gasteiger partial charge is 0.388 e. The van der Waals surface area contributed by atoms with E-state index in [1.807, 2.05) is 29.0 Å². The predicted molar refractivity (Wildman–Crippen MR) is 75.9 cm³/mol. The molecule has 88 valence electrons. The summed E-state index contributed by atoms with van der Waals surface area (Å²) in [4.78, 5) is 0.369. The quantitative estimate of drug-likeness (QED) is 0.875. The lowest BCUT2D eigenvalue weighted by Crippen LogP contribution is -2.15. The van der Waals surface area contributed by atoms with Crippen molar-refractivity contribution in [1.82, 2.24) is 4.57 Å². The maximum Gasteiger partial charge on any atom is 0.120 e. The lowest BCUT2D eigenvalue weighted by molar-refractivity contribution is 0.799. The second-order valence-electron chi connectivity index (χ2n) is 3.62. The van der Waals surface area contributed by atoms with Crippen LogP contribution in [0, 0.1) is 0 Å². The van der Waals surface area contributed by atoms with Crippen molar-refractivity contribution in [2.45, 2.75) is 6.54 Å². The summed E-state index contributed by atoms with van der Waals surface area (Å²) in [6.45, 7) is 0.596. The van der Waals surface area contributed by atoms with E-state index < -0.39 is 0 Å². The zero-order valence-electron chi connectivity index (χ0n) is 8.86. The van der Waals surface area contributed by atoms with Crippen molar-refractivity contribution in [3.63, 3.8) is 0 Å². The van der Waals surface area contributed by atoms with E-state index in [-0.39, 0.29) is 0 Å². The summed E-state index contributed by atoms with van der Waals surface area (Å²) < 4.78 is 1.94. The Balaban J connectivity index is 2.34. The highest BCUT2D eigenvalue weighted by atomic mass is 35.5.